The van der Waals surface area contributed by atoms with Crippen LogP contribution in [0.15, 0.2) is 44.5 Å². The summed E-state index contributed by atoms with van der Waals surface area (Å²) in [6, 6.07) is 0. The summed E-state index contributed by atoms with van der Waals surface area (Å²) >= 11 is 0. The van der Waals surface area contributed by atoms with Gasteiger partial charge in [0.1, 0.15) is 11.4 Å². The van der Waals surface area contributed by atoms with E-state index in [2.05, 4.69) is 20.2 Å². The first-order chi connectivity index (χ1) is 7.74. The summed E-state index contributed by atoms with van der Waals surface area (Å²) in [6.45, 7) is 0. The minimum atomic E-state index is -0.323. The summed E-state index contributed by atoms with van der Waals surface area (Å²) in [5, 5.41) is 7.66. The monoisotopic (exact) mass is 214 g/mol. The molecule has 0 aliphatic carbocycles. The number of dihydropyridines is 2. The molecule has 0 saturated carbocycles. The number of carbonyl (C=O) groups excluding carboxylic acids is 2. The van der Waals surface area contributed by atoms with Gasteiger partial charge in [-0.15, -0.1) is 10.2 Å². The largest absolute Gasteiger partial charge is 0.269 e. The second kappa shape index (κ2) is 4.35. The highest BCUT2D eigenvalue weighted by atomic mass is 16.1. The molecule has 0 aromatic carbocycles. The normalized spacial score (nSPS) is 23.8. The van der Waals surface area contributed by atoms with Crippen molar-refractivity contribution in [2.24, 2.45) is 20.2 Å². The summed E-state index contributed by atoms with van der Waals surface area (Å²) in [4.78, 5) is 28.5. The van der Waals surface area contributed by atoms with Gasteiger partial charge in [0.2, 0.25) is 0 Å². The molecule has 0 atom stereocenters. The smallest absolute Gasteiger partial charge is 0.267 e. The van der Waals surface area contributed by atoms with Crippen LogP contribution < -0.4 is 0 Å². The van der Waals surface area contributed by atoms with E-state index in [0.29, 0.717) is 11.4 Å². The fraction of sp³-hybridized carbons (Fsp3) is 0. The van der Waals surface area contributed by atoms with Crippen molar-refractivity contribution in [2.45, 2.75) is 0 Å². The zero-order valence-corrected chi connectivity index (χ0v) is 8.07. The average molecular weight is 214 g/mol. The van der Waals surface area contributed by atoms with Crippen molar-refractivity contribution in [2.75, 3.05) is 0 Å². The van der Waals surface area contributed by atoms with Crippen molar-refractivity contribution < 1.29 is 9.59 Å². The maximum Gasteiger partial charge on any atom is 0.269 e. The van der Waals surface area contributed by atoms with E-state index in [1.165, 1.54) is 36.7 Å². The second-order valence-corrected chi connectivity index (χ2v) is 2.91. The van der Waals surface area contributed by atoms with Gasteiger partial charge in [-0.05, 0) is 12.2 Å². The lowest BCUT2D eigenvalue weighted by molar-refractivity contribution is -0.114. The number of nitrogens with zero attached hydrogens (tertiary/aromatic N) is 4. The molecule has 0 aromatic rings. The minimum absolute atomic E-state index is 0.323. The minimum Gasteiger partial charge on any atom is -0.267 e. The van der Waals surface area contributed by atoms with Crippen LogP contribution in [0, 0.1) is 0 Å². The number of rotatable bonds is 1. The lowest BCUT2D eigenvalue weighted by atomic mass is 10.3. The highest BCUT2D eigenvalue weighted by molar-refractivity contribution is 6.41. The summed E-state index contributed by atoms with van der Waals surface area (Å²) in [7, 11) is 0. The molecular weight excluding hydrogens is 208 g/mol. The molecule has 0 radical (unpaired) electrons. The fourth-order valence-corrected chi connectivity index (χ4v) is 0.979. The Hall–Kier alpha value is -2.50. The number of hydrogen-bond donors (Lipinski definition) is 0. The third-order valence-electron chi connectivity index (χ3n) is 1.72. The lowest BCUT2D eigenvalue weighted by Gasteiger charge is -1.96. The molecule has 16 heavy (non-hydrogen) atoms. The highest BCUT2D eigenvalue weighted by Gasteiger charge is 2.02. The van der Waals surface area contributed by atoms with E-state index in [0.717, 1.165) is 0 Å². The molecular formula is C10H6N4O2. The number of allylic oxidation sites excluding steroid dienone is 2. The van der Waals surface area contributed by atoms with E-state index in [4.69, 9.17) is 0 Å². The topological polar surface area (TPSA) is 83.6 Å². The molecule has 2 heterocycles. The molecule has 0 N–H and O–H groups in total. The first-order valence-electron chi connectivity index (χ1n) is 4.42. The molecule has 0 bridgehead atoms. The van der Waals surface area contributed by atoms with Crippen molar-refractivity contribution in [1.82, 2.24) is 0 Å². The molecule has 2 rings (SSSR count). The van der Waals surface area contributed by atoms with Gasteiger partial charge in [-0.3, -0.25) is 9.59 Å². The van der Waals surface area contributed by atoms with E-state index < -0.39 is 0 Å². The van der Waals surface area contributed by atoms with E-state index in [1.807, 2.05) is 0 Å². The Morgan fingerprint density at radius 3 is 1.50 bits per heavy atom. The maximum absolute atomic E-state index is 10.7. The second-order valence-electron chi connectivity index (χ2n) is 2.91. The van der Waals surface area contributed by atoms with Crippen LogP contribution in [-0.4, -0.2) is 35.7 Å². The van der Waals surface area contributed by atoms with Crippen LogP contribution >= 0.6 is 0 Å². The quantitative estimate of drug-likeness (QED) is 0.580. The number of amides is 2. The van der Waals surface area contributed by atoms with Gasteiger partial charge >= 0.3 is 0 Å². The Morgan fingerprint density at radius 2 is 1.19 bits per heavy atom. The standard InChI is InChI=1S/C10H6N4O2/c15-9-3-1-7(5-11-9)13-14-8-2-4-10(16)12-6-8/h1-6H/b13-7-,14-8+. The summed E-state index contributed by atoms with van der Waals surface area (Å²) in [6.07, 6.45) is 8.26. The van der Waals surface area contributed by atoms with Gasteiger partial charge in [-0.25, -0.2) is 9.98 Å². The van der Waals surface area contributed by atoms with Crippen molar-refractivity contribution in [3.8, 4) is 0 Å². The zero-order chi connectivity index (χ0) is 11.4. The van der Waals surface area contributed by atoms with Gasteiger partial charge in [0.15, 0.2) is 0 Å². The summed E-state index contributed by atoms with van der Waals surface area (Å²) < 4.78 is 0. The molecule has 0 fully saturated rings. The molecule has 0 aromatic heterocycles. The van der Waals surface area contributed by atoms with Gasteiger partial charge in [-0.1, -0.05) is 0 Å². The third kappa shape index (κ3) is 2.50. The average Bonchev–Trinajstić information content (AvgIpc) is 2.30. The molecule has 6 nitrogen and oxygen atoms in total. The molecule has 0 saturated heterocycles. The maximum atomic E-state index is 10.7. The molecule has 0 unspecified atom stereocenters. The first-order valence-corrected chi connectivity index (χ1v) is 4.42. The van der Waals surface area contributed by atoms with E-state index in [-0.39, 0.29) is 11.8 Å². The fourth-order valence-electron chi connectivity index (χ4n) is 0.979. The summed E-state index contributed by atoms with van der Waals surface area (Å²) in [5.41, 5.74) is 0.927. The van der Waals surface area contributed by atoms with Crippen LogP contribution in [0.2, 0.25) is 0 Å². The van der Waals surface area contributed by atoms with Crippen LogP contribution in [-0.2, 0) is 9.59 Å². The number of hydrogen-bond acceptors (Lipinski definition) is 4. The molecule has 78 valence electrons. The van der Waals surface area contributed by atoms with E-state index >= 15 is 0 Å². The van der Waals surface area contributed by atoms with Gasteiger partial charge in [0.25, 0.3) is 11.8 Å². The Labute approximate surface area is 90.5 Å². The predicted molar refractivity (Wildman–Crippen MR) is 60.1 cm³/mol. The van der Waals surface area contributed by atoms with Crippen LogP contribution in [0.1, 0.15) is 0 Å². The van der Waals surface area contributed by atoms with E-state index in [1.54, 1.807) is 0 Å². The Morgan fingerprint density at radius 1 is 0.750 bits per heavy atom. The van der Waals surface area contributed by atoms with Gasteiger partial charge in [0.05, 0.1) is 12.4 Å². The van der Waals surface area contributed by atoms with Crippen molar-refractivity contribution in [3.63, 3.8) is 0 Å². The van der Waals surface area contributed by atoms with Gasteiger partial charge in [0, 0.05) is 12.2 Å². The molecule has 6 heteroatoms. The van der Waals surface area contributed by atoms with Crippen molar-refractivity contribution >= 4 is 35.7 Å². The van der Waals surface area contributed by atoms with Gasteiger partial charge < -0.3 is 0 Å². The van der Waals surface area contributed by atoms with Gasteiger partial charge in [-0.2, -0.15) is 0 Å². The van der Waals surface area contributed by atoms with Crippen molar-refractivity contribution in [1.29, 1.82) is 0 Å². The Kier molecular flexibility index (Phi) is 2.73. The van der Waals surface area contributed by atoms with Crippen LogP contribution in [0.25, 0.3) is 0 Å². The molecule has 2 amide bonds. The third-order valence-corrected chi connectivity index (χ3v) is 1.72. The number of carbonyl (C=O) groups is 2. The predicted octanol–water partition coefficient (Wildman–Crippen LogP) is 0.118. The Bertz CT molecular complexity index is 437. The summed E-state index contributed by atoms with van der Waals surface area (Å²) in [5.74, 6) is -0.646. The van der Waals surface area contributed by atoms with Crippen LogP contribution in [0.3, 0.4) is 0 Å². The van der Waals surface area contributed by atoms with E-state index in [9.17, 15) is 9.59 Å². The lowest BCUT2D eigenvalue weighted by Crippen LogP contribution is -2.07. The first kappa shape index (κ1) is 10.0. The molecule has 0 spiro atoms. The molecule has 2 aliphatic rings. The number of aliphatic imine (C=N–C) groups is 2. The van der Waals surface area contributed by atoms with Crippen molar-refractivity contribution in [3.05, 3.63) is 24.3 Å². The van der Waals surface area contributed by atoms with Crippen LogP contribution in [0.4, 0.5) is 0 Å². The highest BCUT2D eigenvalue weighted by Crippen LogP contribution is 1.94. The SMILES string of the molecule is O=C1C=C/C(=N/N=C2\C=CC(=O)N=C2)C=N1. The zero-order valence-electron chi connectivity index (χ0n) is 8.07. The molecule has 2 aliphatic heterocycles. The van der Waals surface area contributed by atoms with Crippen LogP contribution in [0.5, 0.6) is 0 Å². The Balaban J connectivity index is 2.12.